The summed E-state index contributed by atoms with van der Waals surface area (Å²) in [6.45, 7) is 0. The van der Waals surface area contributed by atoms with Crippen LogP contribution in [0.1, 0.15) is 11.3 Å². The molecule has 0 N–H and O–H groups in total. The molecule has 0 aliphatic carbocycles. The highest BCUT2D eigenvalue weighted by molar-refractivity contribution is 9.09. The molecule has 0 atom stereocenters. The number of benzene rings is 1. The van der Waals surface area contributed by atoms with E-state index in [0.717, 1.165) is 28.8 Å². The maximum Gasteiger partial charge on any atom is 0.138 e. The second kappa shape index (κ2) is 4.95. The zero-order valence-corrected chi connectivity index (χ0v) is 10.1. The Kier molecular flexibility index (Phi) is 3.37. The van der Waals surface area contributed by atoms with Crippen LogP contribution < -0.4 is 0 Å². The average Bonchev–Trinajstić information content (AvgIpc) is 2.78. The van der Waals surface area contributed by atoms with Crippen LogP contribution in [-0.4, -0.2) is 10.5 Å². The van der Waals surface area contributed by atoms with Gasteiger partial charge in [0, 0.05) is 23.4 Å². The molecule has 0 amide bonds. The molecule has 4 heteroatoms. The number of rotatable bonds is 3. The fourth-order valence-electron chi connectivity index (χ4n) is 1.38. The number of aryl methyl sites for hydroxylation is 1. The summed E-state index contributed by atoms with van der Waals surface area (Å²) in [5.41, 5.74) is 2.41. The number of nitriles is 1. The summed E-state index contributed by atoms with van der Waals surface area (Å²) in [5.74, 6) is 0.858. The summed E-state index contributed by atoms with van der Waals surface area (Å²) in [4.78, 5) is 0. The lowest BCUT2D eigenvalue weighted by Gasteiger charge is -1.93. The van der Waals surface area contributed by atoms with E-state index in [9.17, 15) is 0 Å². The molecule has 2 rings (SSSR count). The van der Waals surface area contributed by atoms with Gasteiger partial charge in [-0.1, -0.05) is 33.2 Å². The first-order chi connectivity index (χ1) is 7.83. The number of hydrogen-bond acceptors (Lipinski definition) is 3. The topological polar surface area (TPSA) is 49.8 Å². The number of halogens is 1. The molecule has 0 spiro atoms. The second-order valence-electron chi connectivity index (χ2n) is 3.31. The van der Waals surface area contributed by atoms with Crippen LogP contribution in [0, 0.1) is 11.3 Å². The van der Waals surface area contributed by atoms with E-state index in [-0.39, 0.29) is 0 Å². The van der Waals surface area contributed by atoms with Gasteiger partial charge in [-0.2, -0.15) is 5.26 Å². The van der Waals surface area contributed by atoms with Crippen molar-refractivity contribution in [3.8, 4) is 17.3 Å². The monoisotopic (exact) mass is 276 g/mol. The lowest BCUT2D eigenvalue weighted by atomic mass is 10.1. The molecule has 1 heterocycles. The lowest BCUT2D eigenvalue weighted by Crippen LogP contribution is -1.80. The summed E-state index contributed by atoms with van der Waals surface area (Å²) in [7, 11) is 0. The van der Waals surface area contributed by atoms with Crippen molar-refractivity contribution in [2.45, 2.75) is 6.42 Å². The molecule has 0 fully saturated rings. The van der Waals surface area contributed by atoms with E-state index in [4.69, 9.17) is 9.78 Å². The fourth-order valence-corrected chi connectivity index (χ4v) is 1.77. The zero-order chi connectivity index (χ0) is 11.4. The summed E-state index contributed by atoms with van der Waals surface area (Å²) >= 11 is 3.35. The van der Waals surface area contributed by atoms with Gasteiger partial charge in [-0.05, 0) is 12.1 Å². The number of aromatic nitrogens is 1. The van der Waals surface area contributed by atoms with Crippen molar-refractivity contribution in [1.29, 1.82) is 5.26 Å². The van der Waals surface area contributed by atoms with Gasteiger partial charge in [0.1, 0.15) is 11.5 Å². The number of nitrogens with zero attached hydrogens (tertiary/aromatic N) is 2. The molecule has 0 saturated carbocycles. The third-order valence-corrected chi connectivity index (χ3v) is 2.61. The Morgan fingerprint density at radius 1 is 1.31 bits per heavy atom. The predicted molar refractivity (Wildman–Crippen MR) is 64.2 cm³/mol. The molecule has 0 unspecified atom stereocenters. The first kappa shape index (κ1) is 10.9. The van der Waals surface area contributed by atoms with Gasteiger partial charge in [0.05, 0.1) is 11.6 Å². The summed E-state index contributed by atoms with van der Waals surface area (Å²) in [6.07, 6.45) is 0.823. The Morgan fingerprint density at radius 2 is 2.06 bits per heavy atom. The van der Waals surface area contributed by atoms with Crippen LogP contribution in [0.5, 0.6) is 0 Å². The van der Waals surface area contributed by atoms with Crippen molar-refractivity contribution < 1.29 is 4.52 Å². The van der Waals surface area contributed by atoms with Crippen LogP contribution in [0.2, 0.25) is 0 Å². The Bertz CT molecular complexity index is 511. The highest BCUT2D eigenvalue weighted by atomic mass is 79.9. The molecular formula is C12H9BrN2O. The third kappa shape index (κ3) is 2.31. The molecule has 3 nitrogen and oxygen atoms in total. The van der Waals surface area contributed by atoms with Gasteiger partial charge in [0.2, 0.25) is 0 Å². The van der Waals surface area contributed by atoms with Crippen LogP contribution in [-0.2, 0) is 6.42 Å². The molecule has 0 saturated heterocycles. The van der Waals surface area contributed by atoms with Crippen molar-refractivity contribution >= 4 is 15.9 Å². The van der Waals surface area contributed by atoms with Gasteiger partial charge in [-0.15, -0.1) is 0 Å². The van der Waals surface area contributed by atoms with Crippen LogP contribution in [0.15, 0.2) is 34.9 Å². The van der Waals surface area contributed by atoms with E-state index in [0.29, 0.717) is 5.56 Å². The van der Waals surface area contributed by atoms with Crippen LogP contribution >= 0.6 is 15.9 Å². The molecule has 0 aliphatic rings. The number of hydrogen-bond donors (Lipinski definition) is 0. The number of alkyl halides is 1. The minimum atomic E-state index is 0.646. The van der Waals surface area contributed by atoms with Gasteiger partial charge in [-0.25, -0.2) is 0 Å². The smallest absolute Gasteiger partial charge is 0.138 e. The first-order valence-corrected chi connectivity index (χ1v) is 5.97. The maximum atomic E-state index is 8.68. The van der Waals surface area contributed by atoms with E-state index < -0.39 is 0 Å². The van der Waals surface area contributed by atoms with Crippen molar-refractivity contribution in [3.05, 3.63) is 41.7 Å². The van der Waals surface area contributed by atoms with E-state index in [1.807, 2.05) is 18.2 Å². The molecule has 16 heavy (non-hydrogen) atoms. The van der Waals surface area contributed by atoms with Gasteiger partial charge in [0.15, 0.2) is 0 Å². The van der Waals surface area contributed by atoms with Crippen molar-refractivity contribution in [3.63, 3.8) is 0 Å². The Hall–Kier alpha value is -1.60. The molecule has 1 aromatic heterocycles. The van der Waals surface area contributed by atoms with E-state index in [2.05, 4.69) is 27.2 Å². The lowest BCUT2D eigenvalue weighted by molar-refractivity contribution is 0.390. The zero-order valence-electron chi connectivity index (χ0n) is 8.48. The van der Waals surface area contributed by atoms with Crippen LogP contribution in [0.25, 0.3) is 11.3 Å². The molecule has 0 bridgehead atoms. The van der Waals surface area contributed by atoms with E-state index in [1.165, 1.54) is 0 Å². The molecular weight excluding hydrogens is 268 g/mol. The predicted octanol–water partition coefficient (Wildman–Crippen LogP) is 3.15. The largest absolute Gasteiger partial charge is 0.361 e. The minimum absolute atomic E-state index is 0.646. The first-order valence-electron chi connectivity index (χ1n) is 4.85. The molecule has 2 aromatic rings. The van der Waals surface area contributed by atoms with Crippen molar-refractivity contribution in [1.82, 2.24) is 5.16 Å². The van der Waals surface area contributed by atoms with Crippen molar-refractivity contribution in [2.75, 3.05) is 5.33 Å². The average molecular weight is 277 g/mol. The highest BCUT2D eigenvalue weighted by Crippen LogP contribution is 2.19. The summed E-state index contributed by atoms with van der Waals surface area (Å²) < 4.78 is 5.17. The highest BCUT2D eigenvalue weighted by Gasteiger charge is 2.05. The normalized spacial score (nSPS) is 10.0. The third-order valence-electron chi connectivity index (χ3n) is 2.21. The summed E-state index contributed by atoms with van der Waals surface area (Å²) in [6, 6.07) is 11.3. The SMILES string of the molecule is N#Cc1ccc(-c2cc(CCBr)on2)cc1. The standard InChI is InChI=1S/C12H9BrN2O/c13-6-5-11-7-12(15-16-11)10-3-1-9(8-14)2-4-10/h1-4,7H,5-6H2. The fraction of sp³-hybridized carbons (Fsp3) is 0.167. The maximum absolute atomic E-state index is 8.68. The minimum Gasteiger partial charge on any atom is -0.361 e. The van der Waals surface area contributed by atoms with Gasteiger partial charge in [-0.3, -0.25) is 0 Å². The van der Waals surface area contributed by atoms with E-state index in [1.54, 1.807) is 12.1 Å². The molecule has 0 aliphatic heterocycles. The van der Waals surface area contributed by atoms with Crippen molar-refractivity contribution in [2.24, 2.45) is 0 Å². The Morgan fingerprint density at radius 3 is 2.69 bits per heavy atom. The van der Waals surface area contributed by atoms with Crippen LogP contribution in [0.4, 0.5) is 0 Å². The van der Waals surface area contributed by atoms with Gasteiger partial charge in [0.25, 0.3) is 0 Å². The summed E-state index contributed by atoms with van der Waals surface area (Å²) in [5, 5.41) is 13.5. The second-order valence-corrected chi connectivity index (χ2v) is 4.10. The van der Waals surface area contributed by atoms with Gasteiger partial charge < -0.3 is 4.52 Å². The van der Waals surface area contributed by atoms with E-state index >= 15 is 0 Å². The molecule has 0 radical (unpaired) electrons. The van der Waals surface area contributed by atoms with Crippen LogP contribution in [0.3, 0.4) is 0 Å². The Balaban J connectivity index is 2.25. The quantitative estimate of drug-likeness (QED) is 0.810. The van der Waals surface area contributed by atoms with Gasteiger partial charge >= 0.3 is 0 Å². The molecule has 1 aromatic carbocycles. The Labute approximate surface area is 102 Å². The molecule has 80 valence electrons.